The van der Waals surface area contributed by atoms with Crippen molar-refractivity contribution >= 4 is 39.7 Å². The molecule has 8 heteroatoms. The molecular weight excluding hydrogens is 448 g/mol. The maximum Gasteiger partial charge on any atom is 0.275 e. The first kappa shape index (κ1) is 22.0. The zero-order chi connectivity index (χ0) is 20.7. The predicted molar refractivity (Wildman–Crippen MR) is 114 cm³/mol. The molecule has 1 N–H and O–H groups in total. The molecule has 2 rings (SSSR count). The molecule has 0 aliphatic rings. The molecule has 0 heterocycles. The van der Waals surface area contributed by atoms with E-state index in [0.717, 1.165) is 10.9 Å². The summed E-state index contributed by atoms with van der Waals surface area (Å²) >= 11 is 9.67. The number of halogens is 2. The highest BCUT2D eigenvalue weighted by molar-refractivity contribution is 9.10. The number of rotatable bonds is 8. The van der Waals surface area contributed by atoms with Gasteiger partial charge in [0.15, 0.2) is 11.5 Å². The molecule has 0 saturated carbocycles. The van der Waals surface area contributed by atoms with Crippen LogP contribution in [0, 0.1) is 0 Å². The van der Waals surface area contributed by atoms with Crippen molar-refractivity contribution in [3.05, 3.63) is 51.0 Å². The van der Waals surface area contributed by atoms with Crippen molar-refractivity contribution in [1.82, 2.24) is 5.43 Å². The van der Waals surface area contributed by atoms with Crippen molar-refractivity contribution in [3.63, 3.8) is 0 Å². The molecule has 0 unspecified atom stereocenters. The minimum absolute atomic E-state index is 0.00498. The Kier molecular flexibility index (Phi) is 8.14. The summed E-state index contributed by atoms with van der Waals surface area (Å²) in [5.74, 6) is 1.03. The summed E-state index contributed by atoms with van der Waals surface area (Å²) in [5, 5.41) is 4.40. The fraction of sp³-hybridized carbons (Fsp3) is 0.300. The number of hydrazone groups is 1. The maximum atomic E-state index is 12.4. The predicted octanol–water partition coefficient (Wildman–Crippen LogP) is 5.06. The van der Waals surface area contributed by atoms with Gasteiger partial charge in [0.1, 0.15) is 5.75 Å². The van der Waals surface area contributed by atoms with Crippen LogP contribution in [0.15, 0.2) is 39.9 Å². The van der Waals surface area contributed by atoms with E-state index in [4.69, 9.17) is 25.8 Å². The first-order valence-electron chi connectivity index (χ1n) is 8.60. The molecule has 1 atom stereocenters. The topological polar surface area (TPSA) is 69.2 Å². The summed E-state index contributed by atoms with van der Waals surface area (Å²) in [6.07, 6.45) is 2.32. The number of nitrogens with zero attached hydrogens (tertiary/aromatic N) is 1. The Balaban J connectivity index is 2.17. The second kappa shape index (κ2) is 10.3. The number of ether oxygens (including phenoxy) is 3. The Morgan fingerprint density at radius 1 is 1.25 bits per heavy atom. The molecule has 0 spiro atoms. The molecule has 0 aliphatic carbocycles. The van der Waals surface area contributed by atoms with Gasteiger partial charge in [-0.15, -0.1) is 0 Å². The summed E-state index contributed by atoms with van der Waals surface area (Å²) in [6, 6.07) is 8.57. The lowest BCUT2D eigenvalue weighted by Gasteiger charge is -2.17. The molecule has 0 aromatic heterocycles. The molecule has 0 fully saturated rings. The summed E-state index contributed by atoms with van der Waals surface area (Å²) in [7, 11) is 3.04. The number of hydrogen-bond donors (Lipinski definition) is 1. The van der Waals surface area contributed by atoms with Crippen LogP contribution in [0.5, 0.6) is 17.2 Å². The van der Waals surface area contributed by atoms with E-state index in [-0.39, 0.29) is 6.10 Å². The van der Waals surface area contributed by atoms with E-state index in [9.17, 15) is 4.79 Å². The zero-order valence-electron chi connectivity index (χ0n) is 16.1. The van der Waals surface area contributed by atoms with Crippen LogP contribution in [0.1, 0.15) is 36.2 Å². The fourth-order valence-corrected chi connectivity index (χ4v) is 2.92. The van der Waals surface area contributed by atoms with E-state index >= 15 is 0 Å². The molecule has 0 bridgehead atoms. The molecular formula is C20H22BrClN2O4. The van der Waals surface area contributed by atoms with Gasteiger partial charge in [0, 0.05) is 4.47 Å². The monoisotopic (exact) mass is 468 g/mol. The summed E-state index contributed by atoms with van der Waals surface area (Å²) in [6.45, 7) is 3.98. The average molecular weight is 470 g/mol. The summed E-state index contributed by atoms with van der Waals surface area (Å²) < 4.78 is 17.2. The minimum atomic E-state index is -0.399. The Morgan fingerprint density at radius 2 is 1.96 bits per heavy atom. The SMILES string of the molecule is CC[C@H](C)Oc1c(Cl)cc(/C=N\NC(=O)c2cc(Br)ccc2OC)cc1OC. The van der Waals surface area contributed by atoms with Gasteiger partial charge < -0.3 is 14.2 Å². The molecule has 0 aliphatic heterocycles. The van der Waals surface area contributed by atoms with Crippen molar-refractivity contribution in [1.29, 1.82) is 0 Å². The Bertz CT molecular complexity index is 874. The highest BCUT2D eigenvalue weighted by Gasteiger charge is 2.15. The second-order valence-electron chi connectivity index (χ2n) is 5.91. The van der Waals surface area contributed by atoms with Crippen LogP contribution in [0.25, 0.3) is 0 Å². The maximum absolute atomic E-state index is 12.4. The molecule has 0 saturated heterocycles. The molecule has 2 aromatic rings. The number of amides is 1. The molecule has 1 amide bonds. The first-order chi connectivity index (χ1) is 13.4. The van der Waals surface area contributed by atoms with Gasteiger partial charge in [-0.1, -0.05) is 34.5 Å². The molecule has 2 aromatic carbocycles. The summed E-state index contributed by atoms with van der Waals surface area (Å²) in [4.78, 5) is 12.4. The van der Waals surface area contributed by atoms with E-state index in [2.05, 4.69) is 26.5 Å². The van der Waals surface area contributed by atoms with Crippen LogP contribution >= 0.6 is 27.5 Å². The lowest BCUT2D eigenvalue weighted by Crippen LogP contribution is -2.18. The van der Waals surface area contributed by atoms with Crippen LogP contribution < -0.4 is 19.6 Å². The molecule has 6 nitrogen and oxygen atoms in total. The average Bonchev–Trinajstić information content (AvgIpc) is 2.69. The number of carbonyl (C=O) groups is 1. The van der Waals surface area contributed by atoms with E-state index in [1.807, 2.05) is 13.8 Å². The van der Waals surface area contributed by atoms with Crippen molar-refractivity contribution in [2.45, 2.75) is 26.4 Å². The van der Waals surface area contributed by atoms with Crippen molar-refractivity contribution in [2.24, 2.45) is 5.10 Å². The van der Waals surface area contributed by atoms with Crippen LogP contribution in [0.4, 0.5) is 0 Å². The van der Waals surface area contributed by atoms with Gasteiger partial charge in [-0.05, 0) is 49.2 Å². The fourth-order valence-electron chi connectivity index (χ4n) is 2.30. The third-order valence-corrected chi connectivity index (χ3v) is 4.71. The number of hydrogen-bond acceptors (Lipinski definition) is 5. The molecule has 0 radical (unpaired) electrons. The van der Waals surface area contributed by atoms with Crippen molar-refractivity contribution < 1.29 is 19.0 Å². The third-order valence-electron chi connectivity index (χ3n) is 3.93. The second-order valence-corrected chi connectivity index (χ2v) is 7.24. The number of nitrogens with one attached hydrogen (secondary N) is 1. The standard InChI is InChI=1S/C20H22BrClN2O4/c1-5-12(2)28-19-16(22)8-13(9-18(19)27-4)11-23-24-20(25)15-10-14(21)6-7-17(15)26-3/h6-12H,5H2,1-4H3,(H,24,25)/b23-11-/t12-/m0/s1. The summed E-state index contributed by atoms with van der Waals surface area (Å²) in [5.41, 5.74) is 3.49. The van der Waals surface area contributed by atoms with E-state index in [1.165, 1.54) is 20.4 Å². The smallest absolute Gasteiger partial charge is 0.275 e. The Morgan fingerprint density at radius 3 is 2.61 bits per heavy atom. The van der Waals surface area contributed by atoms with Gasteiger partial charge >= 0.3 is 0 Å². The minimum Gasteiger partial charge on any atom is -0.496 e. The Hall–Kier alpha value is -2.25. The number of methoxy groups -OCH3 is 2. The van der Waals surface area contributed by atoms with E-state index in [1.54, 1.807) is 30.3 Å². The zero-order valence-corrected chi connectivity index (χ0v) is 18.4. The van der Waals surface area contributed by atoms with Gasteiger partial charge in [-0.2, -0.15) is 5.10 Å². The van der Waals surface area contributed by atoms with Gasteiger partial charge in [0.05, 0.1) is 37.1 Å². The lowest BCUT2D eigenvalue weighted by molar-refractivity contribution is 0.0952. The largest absolute Gasteiger partial charge is 0.496 e. The lowest BCUT2D eigenvalue weighted by atomic mass is 10.2. The highest BCUT2D eigenvalue weighted by Crippen LogP contribution is 2.37. The molecule has 28 heavy (non-hydrogen) atoms. The normalized spacial score (nSPS) is 11.9. The van der Waals surface area contributed by atoms with Gasteiger partial charge in [0.2, 0.25) is 0 Å². The van der Waals surface area contributed by atoms with E-state index in [0.29, 0.717) is 33.4 Å². The van der Waals surface area contributed by atoms with Crippen LogP contribution in [0.3, 0.4) is 0 Å². The van der Waals surface area contributed by atoms with Crippen molar-refractivity contribution in [3.8, 4) is 17.2 Å². The molecule has 150 valence electrons. The van der Waals surface area contributed by atoms with Gasteiger partial charge in [-0.3, -0.25) is 4.79 Å². The van der Waals surface area contributed by atoms with Crippen LogP contribution in [0.2, 0.25) is 5.02 Å². The van der Waals surface area contributed by atoms with Gasteiger partial charge in [0.25, 0.3) is 5.91 Å². The quantitative estimate of drug-likeness (QED) is 0.433. The van der Waals surface area contributed by atoms with Crippen molar-refractivity contribution in [2.75, 3.05) is 14.2 Å². The van der Waals surface area contributed by atoms with E-state index < -0.39 is 5.91 Å². The van der Waals surface area contributed by atoms with Crippen LogP contribution in [-0.2, 0) is 0 Å². The first-order valence-corrected chi connectivity index (χ1v) is 9.77. The Labute approximate surface area is 177 Å². The third kappa shape index (κ3) is 5.62. The number of carbonyl (C=O) groups excluding carboxylic acids is 1. The van der Waals surface area contributed by atoms with Gasteiger partial charge in [-0.25, -0.2) is 5.43 Å². The highest BCUT2D eigenvalue weighted by atomic mass is 79.9. The number of benzene rings is 2. The van der Waals surface area contributed by atoms with Crippen LogP contribution in [-0.4, -0.2) is 32.4 Å².